The van der Waals surface area contributed by atoms with Crippen LogP contribution in [0.4, 0.5) is 9.59 Å². The number of carbonyl (C=O) groups is 4. The zero-order chi connectivity index (χ0) is 41.2. The van der Waals surface area contributed by atoms with Crippen molar-refractivity contribution in [2.45, 2.75) is 77.5 Å². The number of ether oxygens (including phenoxy) is 2. The SMILES string of the molecule is COC(=O)N[C@H](C(=O)N1CCCC1c1cc(=O)c2ncc(-c3ccc4cc(-c5cnc([C@@H]6CCCN6C(=O)[C@@H](NC(=O)OC)C(C)C)[nH]5)ccc4c3)cc2[nH]1)C(C)C. The Morgan fingerprint density at radius 1 is 0.707 bits per heavy atom. The number of hydrogen-bond acceptors (Lipinski definition) is 9. The standard InChI is InChI=1S/C43H50N8O7/c1-23(2)36(48-42(55)57-5)40(53)50-15-7-9-33(50)30-20-35(52)38-31(46-30)19-29(21-44-38)27-12-11-26-18-28(14-13-25(26)17-27)32-22-45-39(47-32)34-10-8-16-51(34)41(54)37(24(3)4)49-43(56)58-6/h11-14,17-24,33-34,36-37H,7-10,15-16H2,1-6H3,(H,45,47)(H,46,52)(H,48,55)(H,49,56)/t33?,34-,36-,37-/m0/s1. The van der Waals surface area contributed by atoms with Gasteiger partial charge in [-0.05, 0) is 72.1 Å². The average Bonchev–Trinajstić information content (AvgIpc) is 4.02. The van der Waals surface area contributed by atoms with Crippen molar-refractivity contribution in [1.29, 1.82) is 0 Å². The maximum Gasteiger partial charge on any atom is 0.407 e. The van der Waals surface area contributed by atoms with Crippen molar-refractivity contribution in [3.63, 3.8) is 0 Å². The van der Waals surface area contributed by atoms with Crippen LogP contribution in [0.3, 0.4) is 0 Å². The Labute approximate surface area is 335 Å². The van der Waals surface area contributed by atoms with Gasteiger partial charge < -0.3 is 39.9 Å². The minimum Gasteiger partial charge on any atom is -0.453 e. The molecule has 5 heterocycles. The molecule has 1 unspecified atom stereocenters. The predicted molar refractivity (Wildman–Crippen MR) is 219 cm³/mol. The second kappa shape index (κ2) is 16.7. The molecule has 4 N–H and O–H groups in total. The lowest BCUT2D eigenvalue weighted by Gasteiger charge is -2.30. The quantitative estimate of drug-likeness (QED) is 0.127. The van der Waals surface area contributed by atoms with Crippen LogP contribution in [0, 0.1) is 11.8 Å². The number of imidazole rings is 1. The lowest BCUT2D eigenvalue weighted by Crippen LogP contribution is -2.51. The predicted octanol–water partition coefficient (Wildman–Crippen LogP) is 6.22. The van der Waals surface area contributed by atoms with Crippen LogP contribution < -0.4 is 16.1 Å². The number of nitrogens with zero attached hydrogens (tertiary/aromatic N) is 4. The molecule has 0 saturated carbocycles. The largest absolute Gasteiger partial charge is 0.453 e. The Hall–Kier alpha value is -6.25. The van der Waals surface area contributed by atoms with Crippen molar-refractivity contribution in [3.8, 4) is 22.4 Å². The molecule has 5 aromatic rings. The van der Waals surface area contributed by atoms with Crippen molar-refractivity contribution in [2.24, 2.45) is 11.8 Å². The van der Waals surface area contributed by atoms with Gasteiger partial charge >= 0.3 is 12.2 Å². The van der Waals surface area contributed by atoms with Crippen LogP contribution in [0.25, 0.3) is 44.2 Å². The van der Waals surface area contributed by atoms with Gasteiger partial charge in [-0.25, -0.2) is 19.6 Å². The van der Waals surface area contributed by atoms with Crippen LogP contribution in [0.15, 0.2) is 65.7 Å². The van der Waals surface area contributed by atoms with E-state index in [1.807, 2.05) is 58.0 Å². The maximum absolute atomic E-state index is 13.7. The summed E-state index contributed by atoms with van der Waals surface area (Å²) in [6.45, 7) is 8.59. The smallest absolute Gasteiger partial charge is 0.407 e. The first-order valence-electron chi connectivity index (χ1n) is 19.8. The molecule has 2 fully saturated rings. The molecule has 0 bridgehead atoms. The third-order valence-corrected chi connectivity index (χ3v) is 11.3. The first kappa shape index (κ1) is 40.0. The van der Waals surface area contributed by atoms with E-state index in [2.05, 4.69) is 37.7 Å². The molecular weight excluding hydrogens is 741 g/mol. The third kappa shape index (κ3) is 7.98. The summed E-state index contributed by atoms with van der Waals surface area (Å²) in [5.41, 5.74) is 4.78. The molecule has 4 amide bonds. The molecule has 2 aromatic carbocycles. The van der Waals surface area contributed by atoms with Gasteiger partial charge in [0.25, 0.3) is 0 Å². The number of H-pyrrole nitrogens is 2. The van der Waals surface area contributed by atoms with E-state index >= 15 is 0 Å². The van der Waals surface area contributed by atoms with Crippen molar-refractivity contribution >= 4 is 45.8 Å². The number of carbonyl (C=O) groups excluding carboxylic acids is 4. The number of alkyl carbamates (subject to hydrolysis) is 2. The fraction of sp³-hybridized carbons (Fsp3) is 0.419. The third-order valence-electron chi connectivity index (χ3n) is 11.3. The van der Waals surface area contributed by atoms with Gasteiger partial charge in [0.1, 0.15) is 23.4 Å². The lowest BCUT2D eigenvalue weighted by atomic mass is 9.99. The number of likely N-dealkylation sites (tertiary alicyclic amines) is 2. The Kier molecular flexibility index (Phi) is 11.5. The molecular formula is C43H50N8O7. The summed E-state index contributed by atoms with van der Waals surface area (Å²) < 4.78 is 9.52. The van der Waals surface area contributed by atoms with Crippen LogP contribution in [0.2, 0.25) is 0 Å². The highest BCUT2D eigenvalue weighted by atomic mass is 16.5. The summed E-state index contributed by atoms with van der Waals surface area (Å²) in [4.78, 5) is 84.3. The molecule has 2 saturated heterocycles. The molecule has 3 aromatic heterocycles. The first-order chi connectivity index (χ1) is 27.9. The van der Waals surface area contributed by atoms with Gasteiger partial charge in [-0.15, -0.1) is 0 Å². The molecule has 0 aliphatic carbocycles. The van der Waals surface area contributed by atoms with Gasteiger partial charge in [0.15, 0.2) is 0 Å². The topological polar surface area (TPSA) is 192 Å². The summed E-state index contributed by atoms with van der Waals surface area (Å²) in [6, 6.07) is 13.7. The van der Waals surface area contributed by atoms with E-state index in [-0.39, 0.29) is 41.2 Å². The molecule has 15 heteroatoms. The molecule has 58 heavy (non-hydrogen) atoms. The van der Waals surface area contributed by atoms with Crippen LogP contribution in [0.1, 0.15) is 77.0 Å². The second-order valence-electron chi connectivity index (χ2n) is 15.8. The van der Waals surface area contributed by atoms with Gasteiger partial charge in [0, 0.05) is 42.2 Å². The monoisotopic (exact) mass is 790 g/mol. The molecule has 4 atom stereocenters. The van der Waals surface area contributed by atoms with Crippen LogP contribution in [-0.2, 0) is 19.1 Å². The maximum atomic E-state index is 13.7. The number of methoxy groups -OCH3 is 2. The Morgan fingerprint density at radius 2 is 1.28 bits per heavy atom. The Bertz CT molecular complexity index is 2420. The fourth-order valence-corrected chi connectivity index (χ4v) is 8.17. The van der Waals surface area contributed by atoms with Crippen LogP contribution in [0.5, 0.6) is 0 Å². The molecule has 0 radical (unpaired) electrons. The van der Waals surface area contributed by atoms with Crippen molar-refractivity contribution < 1.29 is 28.7 Å². The fourth-order valence-electron chi connectivity index (χ4n) is 8.17. The minimum absolute atomic E-state index is 0.123. The average molecular weight is 791 g/mol. The Morgan fingerprint density at radius 3 is 1.88 bits per heavy atom. The van der Waals surface area contributed by atoms with Gasteiger partial charge in [-0.2, -0.15) is 0 Å². The van der Waals surface area contributed by atoms with E-state index in [0.29, 0.717) is 42.1 Å². The van der Waals surface area contributed by atoms with E-state index in [1.165, 1.54) is 20.3 Å². The van der Waals surface area contributed by atoms with Gasteiger partial charge in [0.05, 0.1) is 43.7 Å². The Balaban J connectivity index is 1.11. The van der Waals surface area contributed by atoms with E-state index in [9.17, 15) is 24.0 Å². The number of pyridine rings is 2. The highest BCUT2D eigenvalue weighted by Crippen LogP contribution is 2.35. The molecule has 2 aliphatic rings. The summed E-state index contributed by atoms with van der Waals surface area (Å²) in [5.74, 6) is 0.0268. The minimum atomic E-state index is -0.767. The van der Waals surface area contributed by atoms with E-state index < -0.39 is 24.3 Å². The summed E-state index contributed by atoms with van der Waals surface area (Å²) >= 11 is 0. The van der Waals surface area contributed by atoms with Gasteiger partial charge in [-0.1, -0.05) is 52.0 Å². The van der Waals surface area contributed by atoms with E-state index in [1.54, 1.807) is 22.2 Å². The first-order valence-corrected chi connectivity index (χ1v) is 19.8. The summed E-state index contributed by atoms with van der Waals surface area (Å²) in [7, 11) is 2.55. The number of hydrogen-bond donors (Lipinski definition) is 4. The number of aromatic nitrogens is 4. The molecule has 15 nitrogen and oxygen atoms in total. The number of nitrogens with one attached hydrogen (secondary N) is 4. The number of amides is 4. The van der Waals surface area contributed by atoms with E-state index in [0.717, 1.165) is 52.4 Å². The lowest BCUT2D eigenvalue weighted by molar-refractivity contribution is -0.136. The number of benzene rings is 2. The van der Waals surface area contributed by atoms with Crippen molar-refractivity contribution in [1.82, 2.24) is 40.4 Å². The van der Waals surface area contributed by atoms with Crippen molar-refractivity contribution in [2.75, 3.05) is 27.3 Å². The number of fused-ring (bicyclic) bond motifs is 2. The normalized spacial score (nSPS) is 17.9. The number of aromatic amines is 2. The van der Waals surface area contributed by atoms with Crippen molar-refractivity contribution in [3.05, 3.63) is 82.7 Å². The highest BCUT2D eigenvalue weighted by molar-refractivity contribution is 5.92. The van der Waals surface area contributed by atoms with Crippen LogP contribution >= 0.6 is 0 Å². The molecule has 0 spiro atoms. The summed E-state index contributed by atoms with van der Waals surface area (Å²) in [6.07, 6.45) is 5.19. The zero-order valence-electron chi connectivity index (χ0n) is 33.6. The van der Waals surface area contributed by atoms with Crippen LogP contribution in [-0.4, -0.2) is 93.1 Å². The second-order valence-corrected chi connectivity index (χ2v) is 15.8. The van der Waals surface area contributed by atoms with Gasteiger partial charge in [0.2, 0.25) is 17.2 Å². The van der Waals surface area contributed by atoms with E-state index in [4.69, 9.17) is 14.5 Å². The molecule has 7 rings (SSSR count). The highest BCUT2D eigenvalue weighted by Gasteiger charge is 2.38. The van der Waals surface area contributed by atoms with Gasteiger partial charge in [-0.3, -0.25) is 14.4 Å². The number of rotatable bonds is 10. The molecule has 2 aliphatic heterocycles. The molecule has 304 valence electrons. The zero-order valence-corrected chi connectivity index (χ0v) is 33.6. The summed E-state index contributed by atoms with van der Waals surface area (Å²) in [5, 5.41) is 7.38.